The van der Waals surface area contributed by atoms with E-state index < -0.39 is 0 Å². The Morgan fingerprint density at radius 1 is 1.17 bits per heavy atom. The second-order valence-corrected chi connectivity index (χ2v) is 12.1. The summed E-state index contributed by atoms with van der Waals surface area (Å²) in [4.78, 5) is 16.1. The van der Waals surface area contributed by atoms with Crippen molar-refractivity contribution < 1.29 is 0 Å². The molecule has 3 rings (SSSR count). The third-order valence-corrected chi connectivity index (χ3v) is 7.38. The lowest BCUT2D eigenvalue weighted by Gasteiger charge is -2.29. The van der Waals surface area contributed by atoms with Crippen LogP contribution in [0, 0.1) is 5.92 Å². The van der Waals surface area contributed by atoms with Gasteiger partial charge in [-0.25, -0.2) is 9.97 Å². The Labute approximate surface area is 253 Å². The number of hydrogen-bond donors (Lipinski definition) is 1. The third kappa shape index (κ3) is 12.0. The van der Waals surface area contributed by atoms with Gasteiger partial charge in [0.2, 0.25) is 0 Å². The average molecular weight is 576 g/mol. The fourth-order valence-corrected chi connectivity index (χ4v) is 4.55. The summed E-state index contributed by atoms with van der Waals surface area (Å²) < 4.78 is 0. The summed E-state index contributed by atoms with van der Waals surface area (Å²) in [7, 11) is 6.14. The zero-order valence-electron chi connectivity index (χ0n) is 27.0. The van der Waals surface area contributed by atoms with Gasteiger partial charge in [-0.1, -0.05) is 75.7 Å². The fourth-order valence-electron chi connectivity index (χ4n) is 4.55. The van der Waals surface area contributed by atoms with E-state index >= 15 is 0 Å². The van der Waals surface area contributed by atoms with Crippen LogP contribution >= 0.6 is 10.5 Å². The Morgan fingerprint density at radius 3 is 2.34 bits per heavy atom. The van der Waals surface area contributed by atoms with Crippen molar-refractivity contribution in [2.45, 2.75) is 65.8 Å². The highest BCUT2D eigenvalue weighted by atomic mass is 32.2. The monoisotopic (exact) mass is 575 g/mol. The lowest BCUT2D eigenvalue weighted by atomic mass is 9.84. The van der Waals surface area contributed by atoms with Crippen LogP contribution in [0.4, 0.5) is 5.82 Å². The quantitative estimate of drug-likeness (QED) is 0.184. The molecule has 0 unspecified atom stereocenters. The van der Waals surface area contributed by atoms with Crippen molar-refractivity contribution in [3.63, 3.8) is 0 Å². The summed E-state index contributed by atoms with van der Waals surface area (Å²) in [5.41, 5.74) is 5.15. The lowest BCUT2D eigenvalue weighted by molar-refractivity contribution is 0.330. The molecule has 1 heterocycles. The van der Waals surface area contributed by atoms with Crippen LogP contribution in [0.15, 0.2) is 67.0 Å². The van der Waals surface area contributed by atoms with Gasteiger partial charge in [-0.15, -0.1) is 10.5 Å². The molecule has 6 heteroatoms. The molecule has 0 saturated heterocycles. The van der Waals surface area contributed by atoms with Gasteiger partial charge < -0.3 is 10.2 Å². The molecule has 0 aliphatic heterocycles. The predicted molar refractivity (Wildman–Crippen MR) is 188 cm³/mol. The van der Waals surface area contributed by atoms with Gasteiger partial charge in [0.25, 0.3) is 0 Å². The number of anilines is 1. The largest absolute Gasteiger partial charge is 0.383 e. The van der Waals surface area contributed by atoms with Crippen molar-refractivity contribution in [3.8, 4) is 11.4 Å². The molecule has 0 spiro atoms. The zero-order chi connectivity index (χ0) is 30.8. The zero-order valence-corrected chi connectivity index (χ0v) is 27.8. The normalized spacial score (nSPS) is 17.1. The van der Waals surface area contributed by atoms with Gasteiger partial charge in [0.15, 0.2) is 5.82 Å². The maximum absolute atomic E-state index is 5.03. The van der Waals surface area contributed by atoms with Crippen LogP contribution in [-0.2, 0) is 0 Å². The molecular weight excluding hydrogens is 522 g/mol. The van der Waals surface area contributed by atoms with Gasteiger partial charge >= 0.3 is 0 Å². The number of aliphatic imine (C=N–C) groups is 1. The number of nitrogens with one attached hydrogen (secondary N) is 1. The van der Waals surface area contributed by atoms with E-state index in [1.165, 1.54) is 32.1 Å². The minimum absolute atomic E-state index is 0.316. The summed E-state index contributed by atoms with van der Waals surface area (Å²) in [6.07, 6.45) is 20.2. The molecule has 1 aliphatic carbocycles. The van der Waals surface area contributed by atoms with Gasteiger partial charge in [0.1, 0.15) is 5.82 Å². The fraction of sp³-hybridized carbons (Fsp3) is 0.457. The maximum atomic E-state index is 5.03. The standard InChI is InChI=1S/C29H39N5.C4H8S.C2H6/c1-7-21-13-15-26(16-14-21)32-29-27(22(8-2)18-30-4)19-31-28(33-29)25-12-10-11-24(17-25)23(9-3)20-34(5)6;1-4-5(2)3;1-2/h8-12,17-21,26H,3,7,13-16H2,1-2,4-6H3,(H,31,32,33);1H2,2-3H3;1-2H3/b22-8+,23-20+,30-18?;;. The van der Waals surface area contributed by atoms with E-state index in [1.807, 2.05) is 58.3 Å². The van der Waals surface area contributed by atoms with E-state index in [2.05, 4.69) is 84.5 Å². The maximum Gasteiger partial charge on any atom is 0.161 e. The molecule has 0 radical (unpaired) electrons. The highest BCUT2D eigenvalue weighted by Crippen LogP contribution is 2.31. The molecule has 5 nitrogen and oxygen atoms in total. The third-order valence-electron chi connectivity index (χ3n) is 6.80. The smallest absolute Gasteiger partial charge is 0.161 e. The highest BCUT2D eigenvalue weighted by Gasteiger charge is 2.22. The van der Waals surface area contributed by atoms with E-state index in [9.17, 15) is 0 Å². The highest BCUT2D eigenvalue weighted by molar-refractivity contribution is 8.13. The molecule has 1 fully saturated rings. The van der Waals surface area contributed by atoms with Crippen molar-refractivity contribution in [1.82, 2.24) is 14.9 Å². The van der Waals surface area contributed by atoms with E-state index in [0.717, 1.165) is 39.6 Å². The molecule has 1 aromatic heterocycles. The Kier molecular flexibility index (Phi) is 17.3. The molecule has 1 saturated carbocycles. The van der Waals surface area contributed by atoms with Gasteiger partial charge in [-0.3, -0.25) is 4.99 Å². The molecule has 0 amide bonds. The van der Waals surface area contributed by atoms with Crippen LogP contribution in [0.1, 0.15) is 70.9 Å². The number of benzene rings is 1. The Balaban J connectivity index is 0.00000108. The minimum Gasteiger partial charge on any atom is -0.383 e. The molecule has 1 aromatic carbocycles. The predicted octanol–water partition coefficient (Wildman–Crippen LogP) is 8.84. The van der Waals surface area contributed by atoms with E-state index in [0.29, 0.717) is 22.4 Å². The topological polar surface area (TPSA) is 53.4 Å². The first kappa shape index (κ1) is 35.8. The van der Waals surface area contributed by atoms with Gasteiger partial charge in [-0.2, -0.15) is 0 Å². The van der Waals surface area contributed by atoms with Crippen molar-refractivity contribution in [2.24, 2.45) is 10.9 Å². The summed E-state index contributed by atoms with van der Waals surface area (Å²) in [5.74, 6) is 2.46. The Bertz CT molecular complexity index is 1220. The molecule has 0 bridgehead atoms. The summed E-state index contributed by atoms with van der Waals surface area (Å²) >= 11 is 0. The van der Waals surface area contributed by atoms with Crippen LogP contribution in [-0.4, -0.2) is 65.8 Å². The first-order valence-corrected chi connectivity index (χ1v) is 16.7. The molecule has 2 aromatic rings. The van der Waals surface area contributed by atoms with Gasteiger partial charge in [0.05, 0.1) is 0 Å². The Hall–Kier alpha value is -3.21. The van der Waals surface area contributed by atoms with Crippen molar-refractivity contribution >= 4 is 38.7 Å². The molecule has 1 aliphatic rings. The molecule has 224 valence electrons. The van der Waals surface area contributed by atoms with Gasteiger partial charge in [-0.05, 0) is 68.2 Å². The first-order valence-electron chi connectivity index (χ1n) is 14.7. The van der Waals surface area contributed by atoms with Crippen molar-refractivity contribution in [1.29, 1.82) is 0 Å². The molecule has 0 atom stereocenters. The van der Waals surface area contributed by atoms with Crippen LogP contribution in [0.3, 0.4) is 0 Å². The van der Waals surface area contributed by atoms with Crippen LogP contribution < -0.4 is 5.32 Å². The second-order valence-electron chi connectivity index (χ2n) is 10.2. The summed E-state index contributed by atoms with van der Waals surface area (Å²) in [6, 6.07) is 8.77. The van der Waals surface area contributed by atoms with Crippen molar-refractivity contribution in [3.05, 3.63) is 73.1 Å². The SMILES string of the molecule is C=C/C(=C\N(C)C)c1cccc(-c2ncc(/C(C=NC)=C/C)c(NC3CCC(CC)CC3)n2)c1.C=C=S(C)C.CC. The van der Waals surface area contributed by atoms with E-state index in [4.69, 9.17) is 9.97 Å². The summed E-state index contributed by atoms with van der Waals surface area (Å²) in [6.45, 7) is 15.8. The van der Waals surface area contributed by atoms with Gasteiger partial charge in [0, 0.05) is 62.5 Å². The Morgan fingerprint density at radius 2 is 1.83 bits per heavy atom. The van der Waals surface area contributed by atoms with E-state index in [1.54, 1.807) is 7.05 Å². The average Bonchev–Trinajstić information content (AvgIpc) is 3.00. The van der Waals surface area contributed by atoms with Crippen LogP contribution in [0.5, 0.6) is 0 Å². The first-order chi connectivity index (χ1) is 19.8. The molecule has 1 N–H and O–H groups in total. The minimum atomic E-state index is 0.316. The van der Waals surface area contributed by atoms with Crippen LogP contribution in [0.2, 0.25) is 0 Å². The number of aromatic nitrogens is 2. The second kappa shape index (κ2) is 19.8. The molecule has 41 heavy (non-hydrogen) atoms. The number of allylic oxidation sites excluding steroid dienone is 4. The van der Waals surface area contributed by atoms with Crippen molar-refractivity contribution in [2.75, 3.05) is 39.0 Å². The lowest BCUT2D eigenvalue weighted by Crippen LogP contribution is -2.27. The number of hydrogen-bond acceptors (Lipinski definition) is 5. The number of nitrogens with zero attached hydrogens (tertiary/aromatic N) is 4. The molecular formula is C35H53N5S. The van der Waals surface area contributed by atoms with E-state index in [-0.39, 0.29) is 0 Å². The number of rotatable bonds is 9. The van der Waals surface area contributed by atoms with Crippen LogP contribution in [0.25, 0.3) is 22.5 Å². The summed E-state index contributed by atoms with van der Waals surface area (Å²) in [5, 5.41) is 6.57.